The van der Waals surface area contributed by atoms with Crippen LogP contribution in [0, 0.1) is 0 Å². The van der Waals surface area contributed by atoms with Crippen molar-refractivity contribution in [1.82, 2.24) is 10.3 Å². The number of benzene rings is 2. The number of nitrogens with zero attached hydrogens (tertiary/aromatic N) is 1. The van der Waals surface area contributed by atoms with Gasteiger partial charge < -0.3 is 20.9 Å². The molecular formula is C33H41N3O6. The van der Waals surface area contributed by atoms with Gasteiger partial charge in [-0.3, -0.25) is 14.4 Å². The Kier molecular flexibility index (Phi) is 12.9. The van der Waals surface area contributed by atoms with Gasteiger partial charge in [-0.05, 0) is 48.9 Å². The molecule has 0 saturated carbocycles. The van der Waals surface area contributed by atoms with E-state index in [0.717, 1.165) is 23.8 Å². The lowest BCUT2D eigenvalue weighted by molar-refractivity contribution is -0.153. The molecular weight excluding hydrogens is 534 g/mol. The Labute approximate surface area is 246 Å². The highest BCUT2D eigenvalue weighted by molar-refractivity contribution is 5.97. The average molecular weight is 576 g/mol. The number of fused-ring (bicyclic) bond motifs is 1. The number of rotatable bonds is 18. The van der Waals surface area contributed by atoms with E-state index in [2.05, 4.69) is 17.2 Å². The van der Waals surface area contributed by atoms with Gasteiger partial charge >= 0.3 is 11.9 Å². The fraction of sp³-hybridized carbons (Fsp3) is 0.424. The van der Waals surface area contributed by atoms with Crippen LogP contribution in [0.1, 0.15) is 86.3 Å². The normalized spacial score (nSPS) is 12.4. The molecule has 0 fully saturated rings. The van der Waals surface area contributed by atoms with Crippen molar-refractivity contribution in [3.63, 3.8) is 0 Å². The van der Waals surface area contributed by atoms with Crippen LogP contribution in [0.5, 0.6) is 0 Å². The second-order valence-corrected chi connectivity index (χ2v) is 10.6. The first-order valence-electron chi connectivity index (χ1n) is 14.7. The maximum absolute atomic E-state index is 13.3. The van der Waals surface area contributed by atoms with Crippen molar-refractivity contribution in [2.45, 2.75) is 89.7 Å². The van der Waals surface area contributed by atoms with Crippen molar-refractivity contribution in [2.24, 2.45) is 5.73 Å². The van der Waals surface area contributed by atoms with Crippen LogP contribution in [0.25, 0.3) is 10.9 Å². The lowest BCUT2D eigenvalue weighted by Crippen LogP contribution is -2.44. The molecule has 0 aliphatic carbocycles. The summed E-state index contributed by atoms with van der Waals surface area (Å²) in [6.07, 6.45) is 6.28. The van der Waals surface area contributed by atoms with E-state index in [1.807, 2.05) is 42.5 Å². The fourth-order valence-electron chi connectivity index (χ4n) is 4.79. The lowest BCUT2D eigenvalue weighted by Gasteiger charge is -2.22. The van der Waals surface area contributed by atoms with Gasteiger partial charge in [-0.2, -0.15) is 0 Å². The summed E-state index contributed by atoms with van der Waals surface area (Å²) in [5.41, 5.74) is 8.30. The van der Waals surface area contributed by atoms with Crippen molar-refractivity contribution >= 4 is 34.7 Å². The molecule has 3 aromatic rings. The van der Waals surface area contributed by atoms with Crippen LogP contribution in [-0.4, -0.2) is 46.0 Å². The van der Waals surface area contributed by atoms with Crippen molar-refractivity contribution in [2.75, 3.05) is 0 Å². The minimum Gasteiger partial charge on any atom is -0.481 e. The van der Waals surface area contributed by atoms with Gasteiger partial charge in [0.1, 0.15) is 17.8 Å². The van der Waals surface area contributed by atoms with Crippen LogP contribution in [0.3, 0.4) is 0 Å². The SMILES string of the molecule is CCCCCCCc1ccc(C[C@@H](CC(N)=O)OC(=O)[C@H](CCCC(=O)O)NC(=O)c2ccc3ccccc3n2)cc1. The molecule has 2 aromatic carbocycles. The number of carboxylic acid groups (broad SMARTS) is 1. The molecule has 0 saturated heterocycles. The topological polar surface area (TPSA) is 149 Å². The zero-order chi connectivity index (χ0) is 30.3. The van der Waals surface area contributed by atoms with Crippen molar-refractivity contribution in [3.8, 4) is 0 Å². The molecule has 42 heavy (non-hydrogen) atoms. The van der Waals surface area contributed by atoms with E-state index in [0.29, 0.717) is 5.52 Å². The molecule has 0 unspecified atom stereocenters. The predicted octanol–water partition coefficient (Wildman–Crippen LogP) is 5.13. The number of ether oxygens (including phenoxy) is 1. The third-order valence-electron chi connectivity index (χ3n) is 7.07. The van der Waals surface area contributed by atoms with E-state index in [1.165, 1.54) is 31.2 Å². The minimum atomic E-state index is -1.13. The van der Waals surface area contributed by atoms with Crippen molar-refractivity contribution < 1.29 is 29.0 Å². The number of aromatic nitrogens is 1. The van der Waals surface area contributed by atoms with Crippen LogP contribution < -0.4 is 11.1 Å². The molecule has 0 aliphatic heterocycles. The van der Waals surface area contributed by atoms with Gasteiger partial charge in [0, 0.05) is 18.2 Å². The highest BCUT2D eigenvalue weighted by Gasteiger charge is 2.27. The summed E-state index contributed by atoms with van der Waals surface area (Å²) in [6.45, 7) is 2.20. The standard InChI is InChI=1S/C33H41N3O6/c1-2-3-4-5-6-10-23-15-17-24(18-16-23)21-26(22-30(34)37)42-33(41)29(13-9-14-31(38)39)36-32(40)28-20-19-25-11-7-8-12-27(25)35-28/h7-8,11-12,15-20,26,29H,2-6,9-10,13-14,21-22H2,1H3,(H2,34,37)(H,36,40)(H,38,39)/t26-,29-/m0/s1. The third kappa shape index (κ3) is 11.0. The molecule has 9 heteroatoms. The molecule has 4 N–H and O–H groups in total. The second kappa shape index (κ2) is 16.9. The zero-order valence-electron chi connectivity index (χ0n) is 24.2. The first kappa shape index (κ1) is 32.2. The number of hydrogen-bond donors (Lipinski definition) is 3. The smallest absolute Gasteiger partial charge is 0.328 e. The van der Waals surface area contributed by atoms with E-state index in [1.54, 1.807) is 18.2 Å². The summed E-state index contributed by atoms with van der Waals surface area (Å²) >= 11 is 0. The summed E-state index contributed by atoms with van der Waals surface area (Å²) in [5, 5.41) is 12.6. The molecule has 2 atom stereocenters. The van der Waals surface area contributed by atoms with Crippen LogP contribution in [-0.2, 0) is 32.0 Å². The summed E-state index contributed by atoms with van der Waals surface area (Å²) in [5.74, 6) is -2.98. The lowest BCUT2D eigenvalue weighted by atomic mass is 10.0. The summed E-state index contributed by atoms with van der Waals surface area (Å²) < 4.78 is 5.70. The number of carboxylic acids is 1. The van der Waals surface area contributed by atoms with Gasteiger partial charge in [-0.1, -0.05) is 81.1 Å². The van der Waals surface area contributed by atoms with Gasteiger partial charge in [-0.25, -0.2) is 9.78 Å². The molecule has 224 valence electrons. The first-order valence-corrected chi connectivity index (χ1v) is 14.7. The number of esters is 1. The Morgan fingerprint density at radius 3 is 2.33 bits per heavy atom. The summed E-state index contributed by atoms with van der Waals surface area (Å²) in [4.78, 5) is 53.6. The number of carbonyl (C=O) groups is 4. The van der Waals surface area contributed by atoms with Crippen molar-refractivity contribution in [1.29, 1.82) is 0 Å². The van der Waals surface area contributed by atoms with Crippen LogP contribution in [0.4, 0.5) is 0 Å². The highest BCUT2D eigenvalue weighted by Crippen LogP contribution is 2.16. The number of carbonyl (C=O) groups excluding carboxylic acids is 3. The Morgan fingerprint density at radius 1 is 0.905 bits per heavy atom. The number of nitrogens with one attached hydrogen (secondary N) is 1. The number of aryl methyl sites for hydroxylation is 1. The third-order valence-corrected chi connectivity index (χ3v) is 7.07. The molecule has 1 heterocycles. The number of aliphatic carboxylic acids is 1. The monoisotopic (exact) mass is 575 g/mol. The number of primary amides is 1. The number of nitrogens with two attached hydrogens (primary N) is 1. The fourth-order valence-corrected chi connectivity index (χ4v) is 4.79. The quantitative estimate of drug-likeness (QED) is 0.141. The molecule has 0 aliphatic rings. The number of hydrogen-bond acceptors (Lipinski definition) is 6. The molecule has 0 bridgehead atoms. The zero-order valence-corrected chi connectivity index (χ0v) is 24.2. The molecule has 1 aromatic heterocycles. The number of pyridine rings is 1. The summed E-state index contributed by atoms with van der Waals surface area (Å²) in [7, 11) is 0. The number of para-hydroxylation sites is 1. The van der Waals surface area contributed by atoms with Crippen LogP contribution in [0.2, 0.25) is 0 Å². The van der Waals surface area contributed by atoms with E-state index in [9.17, 15) is 19.2 Å². The van der Waals surface area contributed by atoms with Crippen LogP contribution >= 0.6 is 0 Å². The second-order valence-electron chi connectivity index (χ2n) is 10.6. The molecule has 0 radical (unpaired) electrons. The van der Waals surface area contributed by atoms with Gasteiger partial charge in [0.15, 0.2) is 0 Å². The predicted molar refractivity (Wildman–Crippen MR) is 161 cm³/mol. The maximum Gasteiger partial charge on any atom is 0.328 e. The van der Waals surface area contributed by atoms with Gasteiger partial charge in [-0.15, -0.1) is 0 Å². The molecule has 0 spiro atoms. The van der Waals surface area contributed by atoms with E-state index >= 15 is 0 Å². The Morgan fingerprint density at radius 2 is 1.62 bits per heavy atom. The van der Waals surface area contributed by atoms with E-state index in [4.69, 9.17) is 15.6 Å². The van der Waals surface area contributed by atoms with Crippen molar-refractivity contribution in [3.05, 3.63) is 77.5 Å². The van der Waals surface area contributed by atoms with Crippen LogP contribution in [0.15, 0.2) is 60.7 Å². The average Bonchev–Trinajstić information content (AvgIpc) is 2.96. The number of amides is 2. The Balaban J connectivity index is 1.67. The largest absolute Gasteiger partial charge is 0.481 e. The Hall–Kier alpha value is -4.27. The Bertz CT molecular complexity index is 1340. The maximum atomic E-state index is 13.3. The molecule has 2 amide bonds. The minimum absolute atomic E-state index is 0.0424. The first-order chi connectivity index (χ1) is 20.2. The van der Waals surface area contributed by atoms with Gasteiger partial charge in [0.05, 0.1) is 11.9 Å². The molecule has 3 rings (SSSR count). The van der Waals surface area contributed by atoms with E-state index in [-0.39, 0.29) is 37.8 Å². The van der Waals surface area contributed by atoms with Gasteiger partial charge in [0.25, 0.3) is 5.91 Å². The van der Waals surface area contributed by atoms with E-state index < -0.39 is 35.9 Å². The molecule has 9 nitrogen and oxygen atoms in total. The number of unbranched alkanes of at least 4 members (excludes halogenated alkanes) is 4. The summed E-state index contributed by atoms with van der Waals surface area (Å²) in [6, 6.07) is 17.5. The highest BCUT2D eigenvalue weighted by atomic mass is 16.5. The van der Waals surface area contributed by atoms with Gasteiger partial charge in [0.2, 0.25) is 5.91 Å².